The van der Waals surface area contributed by atoms with Gasteiger partial charge in [0.1, 0.15) is 0 Å². The van der Waals surface area contributed by atoms with Crippen molar-refractivity contribution in [2.24, 2.45) is 5.92 Å². The normalized spacial score (nSPS) is 12.0. The van der Waals surface area contributed by atoms with Crippen LogP contribution in [0.25, 0.3) is 10.8 Å². The number of hydrogen-bond donors (Lipinski definition) is 1. The lowest BCUT2D eigenvalue weighted by molar-refractivity contribution is -0.141. The topological polar surface area (TPSA) is 54.4 Å². The molecule has 0 bridgehead atoms. The van der Waals surface area contributed by atoms with Crippen LogP contribution in [0.15, 0.2) is 72.8 Å². The van der Waals surface area contributed by atoms with E-state index in [1.165, 1.54) is 0 Å². The highest BCUT2D eigenvalue weighted by atomic mass is 16.4. The monoisotopic (exact) mass is 318 g/mol. The molecule has 0 heterocycles. The summed E-state index contributed by atoms with van der Waals surface area (Å²) in [5, 5.41) is 11.3. The maximum absolute atomic E-state index is 12.7. The molecule has 0 aliphatic rings. The van der Waals surface area contributed by atoms with Crippen molar-refractivity contribution < 1.29 is 14.7 Å². The van der Waals surface area contributed by atoms with Crippen molar-refractivity contribution in [3.63, 3.8) is 0 Å². The summed E-state index contributed by atoms with van der Waals surface area (Å²) in [5.41, 5.74) is 1.52. The van der Waals surface area contributed by atoms with Crippen LogP contribution in [-0.4, -0.2) is 16.9 Å². The first-order valence-electron chi connectivity index (χ1n) is 7.93. The molecule has 0 aliphatic carbocycles. The summed E-state index contributed by atoms with van der Waals surface area (Å²) in [6.07, 6.45) is 0.352. The first kappa shape index (κ1) is 15.9. The smallest absolute Gasteiger partial charge is 0.307 e. The summed E-state index contributed by atoms with van der Waals surface area (Å²) in [6.45, 7) is 0. The molecule has 1 unspecified atom stereocenters. The highest BCUT2D eigenvalue weighted by Crippen LogP contribution is 2.22. The summed E-state index contributed by atoms with van der Waals surface area (Å²) < 4.78 is 0. The summed E-state index contributed by atoms with van der Waals surface area (Å²) in [6, 6.07) is 22.6. The van der Waals surface area contributed by atoms with Gasteiger partial charge in [0.25, 0.3) is 0 Å². The standard InChI is InChI=1S/C21H18O3/c22-20(19-12-6-10-16-9-4-5-11-18(16)19)14-17(21(23)24)13-15-7-2-1-3-8-15/h1-12,17H,13-14H2,(H,23,24). The third-order valence-corrected chi connectivity index (χ3v) is 4.20. The van der Waals surface area contributed by atoms with Crippen molar-refractivity contribution in [2.45, 2.75) is 12.8 Å². The van der Waals surface area contributed by atoms with E-state index in [2.05, 4.69) is 0 Å². The Balaban J connectivity index is 1.84. The zero-order valence-corrected chi connectivity index (χ0v) is 13.2. The van der Waals surface area contributed by atoms with E-state index in [1.807, 2.05) is 66.7 Å². The number of aliphatic carboxylic acids is 1. The number of hydrogen-bond acceptors (Lipinski definition) is 2. The van der Waals surface area contributed by atoms with Crippen LogP contribution in [0.3, 0.4) is 0 Å². The van der Waals surface area contributed by atoms with Gasteiger partial charge in [-0.2, -0.15) is 0 Å². The summed E-state index contributed by atoms with van der Waals surface area (Å²) in [5.74, 6) is -1.79. The Kier molecular flexibility index (Phi) is 4.71. The van der Waals surface area contributed by atoms with Crippen molar-refractivity contribution in [1.29, 1.82) is 0 Å². The molecule has 3 aromatic rings. The van der Waals surface area contributed by atoms with E-state index >= 15 is 0 Å². The third kappa shape index (κ3) is 3.51. The maximum atomic E-state index is 12.7. The Bertz CT molecular complexity index is 863. The van der Waals surface area contributed by atoms with E-state index in [1.54, 1.807) is 6.07 Å². The predicted molar refractivity (Wildman–Crippen MR) is 94.2 cm³/mol. The highest BCUT2D eigenvalue weighted by molar-refractivity contribution is 6.08. The van der Waals surface area contributed by atoms with Gasteiger partial charge in [-0.1, -0.05) is 72.8 Å². The Labute approximate surface area is 140 Å². The van der Waals surface area contributed by atoms with Crippen LogP contribution in [0.2, 0.25) is 0 Å². The van der Waals surface area contributed by atoms with Gasteiger partial charge >= 0.3 is 5.97 Å². The minimum absolute atomic E-state index is 0.00175. The van der Waals surface area contributed by atoms with Crippen LogP contribution >= 0.6 is 0 Å². The van der Waals surface area contributed by atoms with Crippen LogP contribution in [-0.2, 0) is 11.2 Å². The van der Waals surface area contributed by atoms with Gasteiger partial charge in [0, 0.05) is 12.0 Å². The molecule has 1 N–H and O–H groups in total. The molecule has 120 valence electrons. The first-order valence-corrected chi connectivity index (χ1v) is 7.93. The minimum Gasteiger partial charge on any atom is -0.481 e. The second-order valence-corrected chi connectivity index (χ2v) is 5.88. The van der Waals surface area contributed by atoms with Crippen LogP contribution < -0.4 is 0 Å². The van der Waals surface area contributed by atoms with Crippen LogP contribution in [0.4, 0.5) is 0 Å². The molecule has 3 nitrogen and oxygen atoms in total. The second kappa shape index (κ2) is 7.09. The fourth-order valence-electron chi connectivity index (χ4n) is 2.95. The van der Waals surface area contributed by atoms with Crippen molar-refractivity contribution >= 4 is 22.5 Å². The maximum Gasteiger partial charge on any atom is 0.307 e. The number of rotatable bonds is 6. The molecular formula is C21H18O3. The number of carboxylic acid groups (broad SMARTS) is 1. The van der Waals surface area contributed by atoms with E-state index in [0.717, 1.165) is 16.3 Å². The van der Waals surface area contributed by atoms with Gasteiger partial charge in [-0.05, 0) is 22.8 Å². The molecule has 24 heavy (non-hydrogen) atoms. The number of carboxylic acids is 1. The highest BCUT2D eigenvalue weighted by Gasteiger charge is 2.23. The quantitative estimate of drug-likeness (QED) is 0.687. The van der Waals surface area contributed by atoms with Gasteiger partial charge in [-0.3, -0.25) is 9.59 Å². The van der Waals surface area contributed by atoms with Gasteiger partial charge in [0.15, 0.2) is 5.78 Å². The minimum atomic E-state index is -0.938. The molecule has 0 aromatic heterocycles. The van der Waals surface area contributed by atoms with Crippen molar-refractivity contribution in [3.8, 4) is 0 Å². The Morgan fingerprint density at radius 1 is 0.833 bits per heavy atom. The van der Waals surface area contributed by atoms with E-state index in [4.69, 9.17) is 0 Å². The molecule has 0 radical (unpaired) electrons. The summed E-state index contributed by atoms with van der Waals surface area (Å²) in [7, 11) is 0. The predicted octanol–water partition coefficient (Wildman–Crippen LogP) is 4.36. The molecule has 3 heteroatoms. The second-order valence-electron chi connectivity index (χ2n) is 5.88. The SMILES string of the molecule is O=C(CC(Cc1ccccc1)C(=O)O)c1cccc2ccccc12. The van der Waals surface area contributed by atoms with Gasteiger partial charge < -0.3 is 5.11 Å². The van der Waals surface area contributed by atoms with Crippen molar-refractivity contribution in [2.75, 3.05) is 0 Å². The van der Waals surface area contributed by atoms with E-state index in [-0.39, 0.29) is 12.2 Å². The molecule has 3 aromatic carbocycles. The van der Waals surface area contributed by atoms with Crippen molar-refractivity contribution in [1.82, 2.24) is 0 Å². The molecule has 0 fully saturated rings. The lowest BCUT2D eigenvalue weighted by Crippen LogP contribution is -2.20. The fourth-order valence-corrected chi connectivity index (χ4v) is 2.95. The van der Waals surface area contributed by atoms with Crippen LogP contribution in [0.5, 0.6) is 0 Å². The van der Waals surface area contributed by atoms with Crippen LogP contribution in [0, 0.1) is 5.92 Å². The average Bonchev–Trinajstić information content (AvgIpc) is 2.61. The number of ketones is 1. The zero-order chi connectivity index (χ0) is 16.9. The van der Waals surface area contributed by atoms with E-state index < -0.39 is 11.9 Å². The lowest BCUT2D eigenvalue weighted by Gasteiger charge is -2.13. The van der Waals surface area contributed by atoms with Crippen LogP contribution in [0.1, 0.15) is 22.3 Å². The van der Waals surface area contributed by atoms with Gasteiger partial charge in [0.2, 0.25) is 0 Å². The largest absolute Gasteiger partial charge is 0.481 e. The van der Waals surface area contributed by atoms with Gasteiger partial charge in [-0.15, -0.1) is 0 Å². The number of carbonyl (C=O) groups excluding carboxylic acids is 1. The number of Topliss-reactive ketones (excluding diaryl/α,β-unsaturated/α-hetero) is 1. The Morgan fingerprint density at radius 2 is 1.50 bits per heavy atom. The fraction of sp³-hybridized carbons (Fsp3) is 0.143. The molecule has 0 spiro atoms. The summed E-state index contributed by atoms with van der Waals surface area (Å²) in [4.78, 5) is 24.3. The zero-order valence-electron chi connectivity index (χ0n) is 13.2. The molecule has 0 saturated carbocycles. The number of fused-ring (bicyclic) bond motifs is 1. The van der Waals surface area contributed by atoms with Gasteiger partial charge in [-0.25, -0.2) is 0 Å². The Hall–Kier alpha value is -2.94. The lowest BCUT2D eigenvalue weighted by atomic mass is 9.90. The number of benzene rings is 3. The molecule has 0 amide bonds. The molecular weight excluding hydrogens is 300 g/mol. The molecule has 3 rings (SSSR count). The van der Waals surface area contributed by atoms with Crippen molar-refractivity contribution in [3.05, 3.63) is 83.9 Å². The average molecular weight is 318 g/mol. The number of carbonyl (C=O) groups is 2. The molecule has 0 saturated heterocycles. The molecule has 1 atom stereocenters. The summed E-state index contributed by atoms with van der Waals surface area (Å²) >= 11 is 0. The molecule has 0 aliphatic heterocycles. The van der Waals surface area contributed by atoms with E-state index in [0.29, 0.717) is 12.0 Å². The third-order valence-electron chi connectivity index (χ3n) is 4.20. The van der Waals surface area contributed by atoms with E-state index in [9.17, 15) is 14.7 Å². The Morgan fingerprint density at radius 3 is 2.25 bits per heavy atom. The van der Waals surface area contributed by atoms with Gasteiger partial charge in [0.05, 0.1) is 5.92 Å². The first-order chi connectivity index (χ1) is 11.6.